The molecular formula is C11H17N3O3S. The van der Waals surface area contributed by atoms with Crippen molar-refractivity contribution in [2.24, 2.45) is 5.92 Å². The Balaban J connectivity index is 1.80. The van der Waals surface area contributed by atoms with E-state index in [1.807, 2.05) is 0 Å². The van der Waals surface area contributed by atoms with Gasteiger partial charge in [-0.3, -0.25) is 5.10 Å². The molecule has 1 saturated heterocycles. The van der Waals surface area contributed by atoms with Crippen LogP contribution in [0.15, 0.2) is 17.3 Å². The van der Waals surface area contributed by atoms with Gasteiger partial charge in [0.1, 0.15) is 4.90 Å². The molecule has 7 heteroatoms. The SMILES string of the molecule is O=S(=O)(c1cn[nH]c1)N1CCCC(C2(O)CC2)C1. The van der Waals surface area contributed by atoms with E-state index in [-0.39, 0.29) is 10.8 Å². The minimum atomic E-state index is -3.46. The number of hydrogen-bond acceptors (Lipinski definition) is 4. The van der Waals surface area contributed by atoms with Crippen molar-refractivity contribution in [3.8, 4) is 0 Å². The molecule has 1 saturated carbocycles. The molecule has 2 N–H and O–H groups in total. The van der Waals surface area contributed by atoms with Gasteiger partial charge in [0.05, 0.1) is 11.8 Å². The molecule has 0 bridgehead atoms. The van der Waals surface area contributed by atoms with Gasteiger partial charge in [-0.15, -0.1) is 0 Å². The van der Waals surface area contributed by atoms with Crippen molar-refractivity contribution < 1.29 is 13.5 Å². The molecule has 3 rings (SSSR count). The van der Waals surface area contributed by atoms with Gasteiger partial charge in [0, 0.05) is 25.2 Å². The van der Waals surface area contributed by atoms with Crippen LogP contribution in [0.2, 0.25) is 0 Å². The number of aromatic amines is 1. The topological polar surface area (TPSA) is 86.3 Å². The summed E-state index contributed by atoms with van der Waals surface area (Å²) in [6.45, 7) is 0.949. The van der Waals surface area contributed by atoms with Gasteiger partial charge in [0.2, 0.25) is 10.0 Å². The lowest BCUT2D eigenvalue weighted by Gasteiger charge is -2.34. The summed E-state index contributed by atoms with van der Waals surface area (Å²) in [4.78, 5) is 0.200. The molecular weight excluding hydrogens is 254 g/mol. The number of nitrogens with zero attached hydrogens (tertiary/aromatic N) is 2. The lowest BCUT2D eigenvalue weighted by atomic mass is 9.92. The third-order valence-electron chi connectivity index (χ3n) is 4.02. The normalized spacial score (nSPS) is 28.2. The van der Waals surface area contributed by atoms with Crippen molar-refractivity contribution in [3.05, 3.63) is 12.4 Å². The number of nitrogens with one attached hydrogen (secondary N) is 1. The van der Waals surface area contributed by atoms with E-state index in [2.05, 4.69) is 10.2 Å². The minimum Gasteiger partial charge on any atom is -0.390 e. The third-order valence-corrected chi connectivity index (χ3v) is 5.85. The van der Waals surface area contributed by atoms with Crippen LogP contribution in [-0.4, -0.2) is 46.7 Å². The summed E-state index contributed by atoms with van der Waals surface area (Å²) in [5, 5.41) is 16.3. The fourth-order valence-corrected chi connectivity index (χ4v) is 4.10. The third kappa shape index (κ3) is 1.96. The van der Waals surface area contributed by atoms with Gasteiger partial charge >= 0.3 is 0 Å². The Bertz CT molecular complexity index is 522. The minimum absolute atomic E-state index is 0.0768. The average molecular weight is 271 g/mol. The van der Waals surface area contributed by atoms with Gasteiger partial charge in [-0.1, -0.05) is 0 Å². The van der Waals surface area contributed by atoms with Gasteiger partial charge in [0.15, 0.2) is 0 Å². The molecule has 0 spiro atoms. The molecule has 2 heterocycles. The molecule has 1 aromatic heterocycles. The Kier molecular flexibility index (Phi) is 2.72. The summed E-state index contributed by atoms with van der Waals surface area (Å²) >= 11 is 0. The highest BCUT2D eigenvalue weighted by atomic mass is 32.2. The van der Waals surface area contributed by atoms with Crippen molar-refractivity contribution in [2.75, 3.05) is 13.1 Å². The highest BCUT2D eigenvalue weighted by molar-refractivity contribution is 7.89. The van der Waals surface area contributed by atoms with Gasteiger partial charge in [-0.25, -0.2) is 8.42 Å². The first-order chi connectivity index (χ1) is 8.52. The Hall–Kier alpha value is -0.920. The van der Waals surface area contributed by atoms with Crippen molar-refractivity contribution in [3.63, 3.8) is 0 Å². The van der Waals surface area contributed by atoms with Gasteiger partial charge < -0.3 is 5.11 Å². The summed E-state index contributed by atoms with van der Waals surface area (Å²) in [6, 6.07) is 0. The van der Waals surface area contributed by atoms with E-state index in [1.54, 1.807) is 0 Å². The second-order valence-electron chi connectivity index (χ2n) is 5.24. The van der Waals surface area contributed by atoms with Crippen molar-refractivity contribution >= 4 is 10.0 Å². The molecule has 1 unspecified atom stereocenters. The van der Waals surface area contributed by atoms with Crippen LogP contribution in [0.25, 0.3) is 0 Å². The number of rotatable bonds is 3. The first kappa shape index (κ1) is 12.1. The standard InChI is InChI=1S/C11H17N3O3S/c15-11(3-4-11)9-2-1-5-14(8-9)18(16,17)10-6-12-13-7-10/h6-7,9,15H,1-5,8H2,(H,12,13). The molecule has 1 aliphatic carbocycles. The van der Waals surface area contributed by atoms with Gasteiger partial charge in [-0.2, -0.15) is 9.40 Å². The highest BCUT2D eigenvalue weighted by Crippen LogP contribution is 2.46. The largest absolute Gasteiger partial charge is 0.390 e. The zero-order valence-corrected chi connectivity index (χ0v) is 10.9. The van der Waals surface area contributed by atoms with Gasteiger partial charge in [-0.05, 0) is 25.7 Å². The monoisotopic (exact) mass is 271 g/mol. The highest BCUT2D eigenvalue weighted by Gasteiger charge is 2.49. The van der Waals surface area contributed by atoms with E-state index >= 15 is 0 Å². The lowest BCUT2D eigenvalue weighted by Crippen LogP contribution is -2.44. The van der Waals surface area contributed by atoms with Crippen LogP contribution in [0.1, 0.15) is 25.7 Å². The molecule has 1 aliphatic heterocycles. The van der Waals surface area contributed by atoms with E-state index in [9.17, 15) is 13.5 Å². The van der Waals surface area contributed by atoms with Crippen molar-refractivity contribution in [2.45, 2.75) is 36.2 Å². The smallest absolute Gasteiger partial charge is 0.246 e. The summed E-state index contributed by atoms with van der Waals surface area (Å²) < 4.78 is 26.1. The number of aliphatic hydroxyl groups is 1. The van der Waals surface area contributed by atoms with Crippen LogP contribution < -0.4 is 0 Å². The van der Waals surface area contributed by atoms with Crippen molar-refractivity contribution in [1.29, 1.82) is 0 Å². The number of sulfonamides is 1. The van der Waals surface area contributed by atoms with E-state index in [0.29, 0.717) is 13.1 Å². The Morgan fingerprint density at radius 2 is 2.28 bits per heavy atom. The first-order valence-corrected chi connectivity index (χ1v) is 7.68. The molecule has 2 aliphatic rings. The Labute approximate surface area is 106 Å². The number of aromatic nitrogens is 2. The van der Waals surface area contributed by atoms with Crippen LogP contribution in [0.5, 0.6) is 0 Å². The van der Waals surface area contributed by atoms with E-state index in [0.717, 1.165) is 25.7 Å². The fourth-order valence-electron chi connectivity index (χ4n) is 2.66. The number of hydrogen-bond donors (Lipinski definition) is 2. The molecule has 0 amide bonds. The number of piperidine rings is 1. The fraction of sp³-hybridized carbons (Fsp3) is 0.727. The van der Waals surface area contributed by atoms with E-state index in [4.69, 9.17) is 0 Å². The maximum atomic E-state index is 12.3. The maximum absolute atomic E-state index is 12.3. The van der Waals surface area contributed by atoms with Crippen LogP contribution >= 0.6 is 0 Å². The lowest BCUT2D eigenvalue weighted by molar-refractivity contribution is 0.0514. The van der Waals surface area contributed by atoms with Crippen LogP contribution in [0.3, 0.4) is 0 Å². The van der Waals surface area contributed by atoms with Crippen LogP contribution in [0.4, 0.5) is 0 Å². The predicted octanol–water partition coefficient (Wildman–Crippen LogP) is 0.335. The molecule has 0 aromatic carbocycles. The average Bonchev–Trinajstić information content (AvgIpc) is 2.92. The summed E-state index contributed by atoms with van der Waals surface area (Å²) in [6.07, 6.45) is 6.04. The molecule has 0 radical (unpaired) electrons. The zero-order valence-electron chi connectivity index (χ0n) is 10.0. The van der Waals surface area contributed by atoms with E-state index in [1.165, 1.54) is 16.7 Å². The summed E-state index contributed by atoms with van der Waals surface area (Å²) in [5.41, 5.74) is -0.607. The quantitative estimate of drug-likeness (QED) is 0.829. The second-order valence-corrected chi connectivity index (χ2v) is 7.18. The Morgan fingerprint density at radius 3 is 2.89 bits per heavy atom. The van der Waals surface area contributed by atoms with Crippen LogP contribution in [0, 0.1) is 5.92 Å². The van der Waals surface area contributed by atoms with Crippen LogP contribution in [-0.2, 0) is 10.0 Å². The van der Waals surface area contributed by atoms with E-state index < -0.39 is 15.6 Å². The molecule has 18 heavy (non-hydrogen) atoms. The second kappa shape index (κ2) is 4.04. The number of H-pyrrole nitrogens is 1. The summed E-state index contributed by atoms with van der Waals surface area (Å²) in [7, 11) is -3.46. The maximum Gasteiger partial charge on any atom is 0.246 e. The van der Waals surface area contributed by atoms with Crippen molar-refractivity contribution in [1.82, 2.24) is 14.5 Å². The summed E-state index contributed by atoms with van der Waals surface area (Å²) in [5.74, 6) is 0.0768. The molecule has 1 aromatic rings. The molecule has 6 nitrogen and oxygen atoms in total. The van der Waals surface area contributed by atoms with Gasteiger partial charge in [0.25, 0.3) is 0 Å². The Morgan fingerprint density at radius 1 is 1.50 bits per heavy atom. The molecule has 2 fully saturated rings. The zero-order chi connectivity index (χ0) is 12.8. The molecule has 1 atom stereocenters. The molecule has 100 valence electrons. The predicted molar refractivity (Wildman–Crippen MR) is 64.3 cm³/mol. The first-order valence-electron chi connectivity index (χ1n) is 6.24.